The summed E-state index contributed by atoms with van der Waals surface area (Å²) in [6, 6.07) is 0. The lowest BCUT2D eigenvalue weighted by molar-refractivity contribution is -0.346. The minimum absolute atomic E-state index is 0. The normalized spacial score (nSPS) is 17.9. The molecule has 0 bridgehead atoms. The first kappa shape index (κ1) is 18.2. The zero-order chi connectivity index (χ0) is 14.2. The summed E-state index contributed by atoms with van der Waals surface area (Å²) in [4.78, 5) is 11.4. The average Bonchev–Trinajstić information content (AvgIpc) is 2.27. The van der Waals surface area contributed by atoms with Gasteiger partial charge in [-0.05, 0) is 0 Å². The maximum atomic E-state index is 13.0. The van der Waals surface area contributed by atoms with Crippen LogP contribution in [-0.4, -0.2) is 55.0 Å². The maximum absolute atomic E-state index is 13.0. The van der Waals surface area contributed by atoms with Crippen molar-refractivity contribution in [2.24, 2.45) is 0 Å². The SMILES string of the molecule is Cl.O=C(N1CCNCC1)C(F)(F)C(F)(F)C(F)(F)F. The highest BCUT2D eigenvalue weighted by Gasteiger charge is 2.76. The minimum atomic E-state index is -6.49. The van der Waals surface area contributed by atoms with Gasteiger partial charge in [-0.3, -0.25) is 4.79 Å². The van der Waals surface area contributed by atoms with Crippen LogP contribution < -0.4 is 5.32 Å². The van der Waals surface area contributed by atoms with E-state index in [9.17, 15) is 35.5 Å². The Bertz CT molecular complexity index is 328. The van der Waals surface area contributed by atoms with E-state index in [0.29, 0.717) is 0 Å². The maximum Gasteiger partial charge on any atom is 0.460 e. The van der Waals surface area contributed by atoms with E-state index in [-0.39, 0.29) is 43.5 Å². The lowest BCUT2D eigenvalue weighted by Gasteiger charge is -2.34. The van der Waals surface area contributed by atoms with Crippen molar-refractivity contribution in [1.29, 1.82) is 0 Å². The average molecular weight is 319 g/mol. The van der Waals surface area contributed by atoms with Crippen molar-refractivity contribution >= 4 is 18.3 Å². The Morgan fingerprint density at radius 2 is 1.37 bits per heavy atom. The molecule has 1 saturated heterocycles. The van der Waals surface area contributed by atoms with Gasteiger partial charge in [0.2, 0.25) is 0 Å². The predicted octanol–water partition coefficient (Wildman–Crippen LogP) is 1.67. The second-order valence-electron chi connectivity index (χ2n) is 3.69. The first-order valence-electron chi connectivity index (χ1n) is 4.84. The number of halogens is 8. The third-order valence-electron chi connectivity index (χ3n) is 2.42. The van der Waals surface area contributed by atoms with Gasteiger partial charge in [-0.1, -0.05) is 0 Å². The van der Waals surface area contributed by atoms with Gasteiger partial charge in [0.15, 0.2) is 0 Å². The van der Waals surface area contributed by atoms with Gasteiger partial charge in [-0.2, -0.15) is 30.7 Å². The molecule has 3 nitrogen and oxygen atoms in total. The Labute approximate surface area is 109 Å². The monoisotopic (exact) mass is 318 g/mol. The van der Waals surface area contributed by atoms with E-state index < -0.39 is 23.9 Å². The summed E-state index contributed by atoms with van der Waals surface area (Å²) in [6.07, 6.45) is -6.49. The number of piperazine rings is 1. The Balaban J connectivity index is 0.00000324. The fraction of sp³-hybridized carbons (Fsp3) is 0.875. The molecule has 0 aromatic carbocycles. The second-order valence-corrected chi connectivity index (χ2v) is 3.69. The quantitative estimate of drug-likeness (QED) is 0.786. The molecule has 1 aliphatic rings. The van der Waals surface area contributed by atoms with Crippen LogP contribution in [-0.2, 0) is 4.79 Å². The highest BCUT2D eigenvalue weighted by atomic mass is 35.5. The molecule has 1 amide bonds. The van der Waals surface area contributed by atoms with Crippen LogP contribution in [0, 0.1) is 0 Å². The van der Waals surface area contributed by atoms with Crippen molar-refractivity contribution in [3.63, 3.8) is 0 Å². The van der Waals surface area contributed by atoms with Crippen molar-refractivity contribution < 1.29 is 35.5 Å². The number of nitrogens with one attached hydrogen (secondary N) is 1. The summed E-state index contributed by atoms with van der Waals surface area (Å²) >= 11 is 0. The Hall–Kier alpha value is -0.770. The highest BCUT2D eigenvalue weighted by molar-refractivity contribution is 5.85. The number of hydrogen-bond acceptors (Lipinski definition) is 2. The number of hydrogen-bond donors (Lipinski definition) is 1. The molecule has 0 spiro atoms. The van der Waals surface area contributed by atoms with Crippen LogP contribution >= 0.6 is 12.4 Å². The topological polar surface area (TPSA) is 32.3 Å². The summed E-state index contributed by atoms with van der Waals surface area (Å²) < 4.78 is 86.7. The molecular weight excluding hydrogens is 309 g/mol. The molecule has 0 aromatic rings. The molecule has 0 atom stereocenters. The number of amides is 1. The fourth-order valence-electron chi connectivity index (χ4n) is 1.38. The van der Waals surface area contributed by atoms with Crippen molar-refractivity contribution in [3.05, 3.63) is 0 Å². The number of rotatable bonds is 2. The van der Waals surface area contributed by atoms with Gasteiger partial charge in [0.1, 0.15) is 0 Å². The predicted molar refractivity (Wildman–Crippen MR) is 52.6 cm³/mol. The van der Waals surface area contributed by atoms with Crippen LogP contribution in [0.5, 0.6) is 0 Å². The number of carbonyl (C=O) groups excluding carboxylic acids is 1. The van der Waals surface area contributed by atoms with Gasteiger partial charge in [0, 0.05) is 26.2 Å². The fourth-order valence-corrected chi connectivity index (χ4v) is 1.38. The molecule has 1 rings (SSSR count). The van der Waals surface area contributed by atoms with Crippen LogP contribution in [0.4, 0.5) is 30.7 Å². The van der Waals surface area contributed by atoms with E-state index in [0.717, 1.165) is 0 Å². The van der Waals surface area contributed by atoms with Gasteiger partial charge >= 0.3 is 18.0 Å². The number of carbonyl (C=O) groups is 1. The van der Waals surface area contributed by atoms with E-state index >= 15 is 0 Å². The molecule has 1 heterocycles. The molecule has 114 valence electrons. The van der Waals surface area contributed by atoms with Crippen molar-refractivity contribution in [2.45, 2.75) is 18.0 Å². The summed E-state index contributed by atoms with van der Waals surface area (Å²) in [6.45, 7) is -0.580. The highest BCUT2D eigenvalue weighted by Crippen LogP contribution is 2.47. The van der Waals surface area contributed by atoms with Gasteiger partial charge < -0.3 is 10.2 Å². The summed E-state index contributed by atoms with van der Waals surface area (Å²) in [5, 5.41) is 2.64. The van der Waals surface area contributed by atoms with Gasteiger partial charge in [-0.15, -0.1) is 12.4 Å². The zero-order valence-electron chi connectivity index (χ0n) is 9.24. The van der Waals surface area contributed by atoms with Crippen molar-refractivity contribution in [1.82, 2.24) is 10.2 Å². The van der Waals surface area contributed by atoms with E-state index in [2.05, 4.69) is 5.32 Å². The zero-order valence-corrected chi connectivity index (χ0v) is 10.1. The molecule has 19 heavy (non-hydrogen) atoms. The van der Waals surface area contributed by atoms with E-state index in [1.807, 2.05) is 0 Å². The smallest absolute Gasteiger partial charge is 0.335 e. The summed E-state index contributed by atoms with van der Waals surface area (Å²) in [7, 11) is 0. The first-order valence-corrected chi connectivity index (χ1v) is 4.84. The van der Waals surface area contributed by atoms with E-state index in [1.165, 1.54) is 0 Å². The lowest BCUT2D eigenvalue weighted by atomic mass is 10.1. The minimum Gasteiger partial charge on any atom is -0.335 e. The van der Waals surface area contributed by atoms with Gasteiger partial charge in [-0.25, -0.2) is 0 Å². The van der Waals surface area contributed by atoms with Gasteiger partial charge in [0.05, 0.1) is 0 Å². The standard InChI is InChI=1S/C8H9F7N2O.ClH/c9-6(10,7(11,12)8(13,14)15)5(18)17-3-1-16-2-4-17;/h16H,1-4H2;1H. The molecule has 1 aliphatic heterocycles. The van der Waals surface area contributed by atoms with Crippen LogP contribution in [0.3, 0.4) is 0 Å². The van der Waals surface area contributed by atoms with Gasteiger partial charge in [0.25, 0.3) is 5.91 Å². The molecule has 1 fully saturated rings. The lowest BCUT2D eigenvalue weighted by Crippen LogP contribution is -2.62. The Morgan fingerprint density at radius 3 is 1.74 bits per heavy atom. The van der Waals surface area contributed by atoms with E-state index in [4.69, 9.17) is 0 Å². The molecular formula is C8H10ClF7N2O. The van der Waals surface area contributed by atoms with Crippen LogP contribution in [0.25, 0.3) is 0 Å². The Morgan fingerprint density at radius 1 is 0.947 bits per heavy atom. The Kier molecular flexibility index (Phi) is 5.46. The third-order valence-corrected chi connectivity index (χ3v) is 2.42. The van der Waals surface area contributed by atoms with Crippen molar-refractivity contribution in [3.8, 4) is 0 Å². The summed E-state index contributed by atoms with van der Waals surface area (Å²) in [5.74, 6) is -14.7. The van der Waals surface area contributed by atoms with E-state index in [1.54, 1.807) is 0 Å². The first-order chi connectivity index (χ1) is 8.02. The van der Waals surface area contributed by atoms with Crippen LogP contribution in [0.2, 0.25) is 0 Å². The largest absolute Gasteiger partial charge is 0.460 e. The van der Waals surface area contributed by atoms with Crippen LogP contribution in [0.15, 0.2) is 0 Å². The second kappa shape index (κ2) is 5.70. The summed E-state index contributed by atoms with van der Waals surface area (Å²) in [5.41, 5.74) is 0. The molecule has 0 aromatic heterocycles. The molecule has 0 saturated carbocycles. The molecule has 11 heteroatoms. The molecule has 0 aliphatic carbocycles. The molecule has 0 unspecified atom stereocenters. The third kappa shape index (κ3) is 3.22. The van der Waals surface area contributed by atoms with Crippen LogP contribution in [0.1, 0.15) is 0 Å². The van der Waals surface area contributed by atoms with Crippen molar-refractivity contribution in [2.75, 3.05) is 26.2 Å². The number of nitrogens with zero attached hydrogens (tertiary/aromatic N) is 1. The molecule has 0 radical (unpaired) electrons. The molecule has 1 N–H and O–H groups in total. The number of alkyl halides is 7.